The Bertz CT molecular complexity index is 697. The smallest absolute Gasteiger partial charge is 0.224 e. The van der Waals surface area contributed by atoms with Crippen molar-refractivity contribution in [2.24, 2.45) is 11.1 Å². The summed E-state index contributed by atoms with van der Waals surface area (Å²) in [6, 6.07) is 3.96. The Balaban J connectivity index is 1.47. The van der Waals surface area contributed by atoms with Crippen molar-refractivity contribution in [3.05, 3.63) is 36.3 Å². The van der Waals surface area contributed by atoms with Crippen LogP contribution in [0.5, 0.6) is 0 Å². The summed E-state index contributed by atoms with van der Waals surface area (Å²) in [7, 11) is 0. The van der Waals surface area contributed by atoms with E-state index < -0.39 is 0 Å². The summed E-state index contributed by atoms with van der Waals surface area (Å²) in [5.74, 6) is 1.38. The molecule has 21 heavy (non-hydrogen) atoms. The van der Waals surface area contributed by atoms with Gasteiger partial charge >= 0.3 is 0 Å². The highest BCUT2D eigenvalue weighted by Gasteiger charge is 2.52. The molecule has 0 aliphatic carbocycles. The number of nitrogens with zero attached hydrogens (tertiary/aromatic N) is 4. The maximum atomic E-state index is 5.88. The highest BCUT2D eigenvalue weighted by Crippen LogP contribution is 2.38. The van der Waals surface area contributed by atoms with Gasteiger partial charge in [-0.05, 0) is 38.1 Å². The molecule has 1 N–H and O–H groups in total. The SMILES string of the molecule is c1cnc2cc(C3=NOC4(CN5CCC4CC5)N3)cn2c1. The molecule has 1 spiro atoms. The molecule has 0 saturated carbocycles. The van der Waals surface area contributed by atoms with E-state index in [0.717, 1.165) is 23.6 Å². The molecule has 6 heterocycles. The van der Waals surface area contributed by atoms with E-state index in [1.165, 1.54) is 25.9 Å². The Morgan fingerprint density at radius 2 is 2.24 bits per heavy atom. The number of aromatic nitrogens is 2. The number of hydrogen-bond acceptors (Lipinski definition) is 5. The van der Waals surface area contributed by atoms with Gasteiger partial charge in [-0.1, -0.05) is 5.16 Å². The molecule has 3 fully saturated rings. The van der Waals surface area contributed by atoms with Crippen LogP contribution in [-0.4, -0.2) is 45.5 Å². The van der Waals surface area contributed by atoms with Crippen molar-refractivity contribution >= 4 is 11.5 Å². The first-order valence-electron chi connectivity index (χ1n) is 7.52. The molecule has 6 nitrogen and oxygen atoms in total. The Morgan fingerprint density at radius 3 is 3.00 bits per heavy atom. The number of hydrogen-bond donors (Lipinski definition) is 1. The molecule has 4 aliphatic rings. The molecule has 3 saturated heterocycles. The molecule has 2 aromatic heterocycles. The highest BCUT2D eigenvalue weighted by molar-refractivity contribution is 6.00. The zero-order valence-electron chi connectivity index (χ0n) is 11.7. The molecule has 1 unspecified atom stereocenters. The monoisotopic (exact) mass is 283 g/mol. The summed E-state index contributed by atoms with van der Waals surface area (Å²) in [4.78, 5) is 12.7. The molecule has 0 radical (unpaired) electrons. The molecule has 1 atom stereocenters. The number of piperidine rings is 3. The van der Waals surface area contributed by atoms with E-state index >= 15 is 0 Å². The first-order valence-corrected chi connectivity index (χ1v) is 7.52. The lowest BCUT2D eigenvalue weighted by Crippen LogP contribution is -2.65. The van der Waals surface area contributed by atoms with Crippen LogP contribution in [0.2, 0.25) is 0 Å². The number of oxime groups is 1. The maximum Gasteiger partial charge on any atom is 0.224 e. The van der Waals surface area contributed by atoms with Gasteiger partial charge in [0, 0.05) is 30.1 Å². The number of rotatable bonds is 1. The maximum absolute atomic E-state index is 5.88. The lowest BCUT2D eigenvalue weighted by atomic mass is 9.81. The first-order chi connectivity index (χ1) is 10.3. The lowest BCUT2D eigenvalue weighted by Gasteiger charge is -2.49. The number of amidine groups is 1. The third-order valence-corrected chi connectivity index (χ3v) is 4.98. The first kappa shape index (κ1) is 11.6. The Kier molecular flexibility index (Phi) is 2.19. The van der Waals surface area contributed by atoms with E-state index in [2.05, 4.69) is 20.4 Å². The minimum absolute atomic E-state index is 0.312. The van der Waals surface area contributed by atoms with Gasteiger partial charge in [0.1, 0.15) is 5.65 Å². The van der Waals surface area contributed by atoms with Crippen LogP contribution >= 0.6 is 0 Å². The van der Waals surface area contributed by atoms with Gasteiger partial charge in [-0.15, -0.1) is 0 Å². The fourth-order valence-electron chi connectivity index (χ4n) is 3.83. The summed E-state index contributed by atoms with van der Waals surface area (Å²) in [5, 5.41) is 7.89. The van der Waals surface area contributed by atoms with Crippen molar-refractivity contribution in [3.63, 3.8) is 0 Å². The van der Waals surface area contributed by atoms with Crippen LogP contribution in [0.4, 0.5) is 0 Å². The van der Waals surface area contributed by atoms with Gasteiger partial charge in [-0.25, -0.2) is 4.98 Å². The zero-order chi connectivity index (χ0) is 13.9. The Hall–Kier alpha value is -2.08. The average Bonchev–Trinajstić information content (AvgIpc) is 3.13. The third-order valence-electron chi connectivity index (χ3n) is 4.98. The molecule has 6 rings (SSSR count). The van der Waals surface area contributed by atoms with Crippen LogP contribution in [0, 0.1) is 5.92 Å². The molecule has 0 amide bonds. The van der Waals surface area contributed by atoms with Crippen LogP contribution in [0.15, 0.2) is 35.9 Å². The average molecular weight is 283 g/mol. The van der Waals surface area contributed by atoms with E-state index in [9.17, 15) is 0 Å². The van der Waals surface area contributed by atoms with Gasteiger partial charge in [0.05, 0.1) is 6.54 Å². The summed E-state index contributed by atoms with van der Waals surface area (Å²) in [6.07, 6.45) is 8.21. The van der Waals surface area contributed by atoms with Gasteiger partial charge in [0.2, 0.25) is 5.72 Å². The predicted molar refractivity (Wildman–Crippen MR) is 77.8 cm³/mol. The second-order valence-corrected chi connectivity index (χ2v) is 6.21. The van der Waals surface area contributed by atoms with Crippen LogP contribution in [0.25, 0.3) is 5.65 Å². The highest BCUT2D eigenvalue weighted by atomic mass is 16.7. The van der Waals surface area contributed by atoms with E-state index in [4.69, 9.17) is 4.84 Å². The Labute approximate surface area is 122 Å². The molecule has 4 aliphatic heterocycles. The van der Waals surface area contributed by atoms with Crippen molar-refractivity contribution in [1.82, 2.24) is 19.6 Å². The summed E-state index contributed by atoms with van der Waals surface area (Å²) in [5.41, 5.74) is 1.64. The minimum Gasteiger partial charge on any atom is -0.364 e. The van der Waals surface area contributed by atoms with E-state index in [1.807, 2.05) is 28.9 Å². The molecular weight excluding hydrogens is 266 g/mol. The fraction of sp³-hybridized carbons (Fsp3) is 0.467. The standard InChI is InChI=1S/C15H17N5O/c1-4-16-13-8-11(9-20(13)5-1)14-17-15(21-18-14)10-19-6-2-12(15)3-7-19/h1,4-5,8-9,12H,2-3,6-7,10H2,(H,17,18). The van der Waals surface area contributed by atoms with Gasteiger partial charge < -0.3 is 14.6 Å². The molecule has 6 heteroatoms. The van der Waals surface area contributed by atoms with Crippen molar-refractivity contribution in [2.45, 2.75) is 18.6 Å². The van der Waals surface area contributed by atoms with Gasteiger partial charge in [-0.2, -0.15) is 0 Å². The van der Waals surface area contributed by atoms with E-state index in [1.54, 1.807) is 6.20 Å². The molecule has 0 aromatic carbocycles. The molecule has 108 valence electrons. The van der Waals surface area contributed by atoms with Crippen molar-refractivity contribution in [2.75, 3.05) is 19.6 Å². The van der Waals surface area contributed by atoms with Crippen molar-refractivity contribution in [1.29, 1.82) is 0 Å². The van der Waals surface area contributed by atoms with Crippen molar-refractivity contribution in [3.8, 4) is 0 Å². The summed E-state index contributed by atoms with van der Waals surface area (Å²) >= 11 is 0. The lowest BCUT2D eigenvalue weighted by molar-refractivity contribution is -0.148. The zero-order valence-corrected chi connectivity index (χ0v) is 11.7. The second kappa shape index (κ2) is 3.98. The Morgan fingerprint density at radius 1 is 1.33 bits per heavy atom. The van der Waals surface area contributed by atoms with Crippen molar-refractivity contribution < 1.29 is 4.84 Å². The molecular formula is C15H17N5O. The minimum atomic E-state index is -0.312. The molecule has 2 bridgehead atoms. The van der Waals surface area contributed by atoms with Crippen LogP contribution < -0.4 is 5.32 Å². The quantitative estimate of drug-likeness (QED) is 0.849. The normalized spacial score (nSPS) is 34.0. The van der Waals surface area contributed by atoms with Gasteiger partial charge in [0.15, 0.2) is 5.84 Å². The molecule has 2 aromatic rings. The number of nitrogens with one attached hydrogen (secondary N) is 1. The van der Waals surface area contributed by atoms with Crippen LogP contribution in [-0.2, 0) is 4.84 Å². The largest absolute Gasteiger partial charge is 0.364 e. The van der Waals surface area contributed by atoms with Gasteiger partial charge in [0.25, 0.3) is 0 Å². The number of fused-ring (bicyclic) bond motifs is 3. The van der Waals surface area contributed by atoms with E-state index in [-0.39, 0.29) is 5.72 Å². The fourth-order valence-corrected chi connectivity index (χ4v) is 3.83. The second-order valence-electron chi connectivity index (χ2n) is 6.21. The van der Waals surface area contributed by atoms with E-state index in [0.29, 0.717) is 5.92 Å². The third kappa shape index (κ3) is 1.62. The topological polar surface area (TPSA) is 54.2 Å². The van der Waals surface area contributed by atoms with Gasteiger partial charge in [-0.3, -0.25) is 4.90 Å². The predicted octanol–water partition coefficient (Wildman–Crippen LogP) is 1.04. The van der Waals surface area contributed by atoms with Crippen LogP contribution in [0.1, 0.15) is 18.4 Å². The summed E-state index contributed by atoms with van der Waals surface area (Å²) < 4.78 is 2.00. The van der Waals surface area contributed by atoms with Crippen LogP contribution in [0.3, 0.4) is 0 Å². The summed E-state index contributed by atoms with van der Waals surface area (Å²) in [6.45, 7) is 3.30.